The van der Waals surface area contributed by atoms with E-state index < -0.39 is 47.3 Å². The minimum Gasteiger partial charge on any atom is -0.469 e. The SMILES string of the molecule is COC(=O)C(C)C(=O)C(C)C(=O)OC.COC(=O)CC(=O)CC(=O)OC. The van der Waals surface area contributed by atoms with E-state index in [0.29, 0.717) is 0 Å². The number of hydrogen-bond donors (Lipinski definition) is 0. The molecule has 148 valence electrons. The van der Waals surface area contributed by atoms with Crippen molar-refractivity contribution >= 4 is 35.4 Å². The summed E-state index contributed by atoms with van der Waals surface area (Å²) in [5.74, 6) is -5.47. The first-order valence-corrected chi connectivity index (χ1v) is 7.40. The molecule has 0 heterocycles. The molecule has 0 radical (unpaired) electrons. The molecule has 0 amide bonds. The number of Topliss-reactive ketones (excluding diaryl/α,β-unsaturated/α-hetero) is 2. The Kier molecular flexibility index (Phi) is 13.2. The van der Waals surface area contributed by atoms with Crippen LogP contribution >= 0.6 is 0 Å². The summed E-state index contributed by atoms with van der Waals surface area (Å²) in [6, 6.07) is 0. The van der Waals surface area contributed by atoms with Crippen LogP contribution < -0.4 is 0 Å². The summed E-state index contributed by atoms with van der Waals surface area (Å²) in [5, 5.41) is 0. The van der Waals surface area contributed by atoms with Crippen LogP contribution in [0.2, 0.25) is 0 Å². The van der Waals surface area contributed by atoms with E-state index in [1.807, 2.05) is 0 Å². The van der Waals surface area contributed by atoms with E-state index in [0.717, 1.165) is 0 Å². The Labute approximate surface area is 151 Å². The van der Waals surface area contributed by atoms with Crippen molar-refractivity contribution in [3.8, 4) is 0 Å². The summed E-state index contributed by atoms with van der Waals surface area (Å²) in [7, 11) is 4.73. The predicted octanol–water partition coefficient (Wildman–Crippen LogP) is -0.145. The van der Waals surface area contributed by atoms with Crippen LogP contribution in [0.3, 0.4) is 0 Å². The summed E-state index contributed by atoms with van der Waals surface area (Å²) in [5.41, 5.74) is 0. The van der Waals surface area contributed by atoms with Crippen LogP contribution in [0.4, 0.5) is 0 Å². The smallest absolute Gasteiger partial charge is 0.315 e. The van der Waals surface area contributed by atoms with E-state index in [9.17, 15) is 28.8 Å². The van der Waals surface area contributed by atoms with Gasteiger partial charge in [-0.25, -0.2) is 0 Å². The van der Waals surface area contributed by atoms with Gasteiger partial charge in [0.15, 0.2) is 11.6 Å². The Morgan fingerprint density at radius 1 is 0.615 bits per heavy atom. The number of carbonyl (C=O) groups excluding carboxylic acids is 6. The van der Waals surface area contributed by atoms with Gasteiger partial charge in [0.2, 0.25) is 0 Å². The first-order chi connectivity index (χ1) is 12.0. The molecule has 26 heavy (non-hydrogen) atoms. The van der Waals surface area contributed by atoms with E-state index in [1.165, 1.54) is 42.3 Å². The van der Waals surface area contributed by atoms with Crippen molar-refractivity contribution in [2.45, 2.75) is 26.7 Å². The third-order valence-electron chi connectivity index (χ3n) is 3.10. The lowest BCUT2D eigenvalue weighted by molar-refractivity contribution is -0.155. The highest BCUT2D eigenvalue weighted by molar-refractivity contribution is 6.07. The van der Waals surface area contributed by atoms with Crippen LogP contribution in [0, 0.1) is 11.8 Å². The molecule has 10 nitrogen and oxygen atoms in total. The van der Waals surface area contributed by atoms with Gasteiger partial charge in [0.25, 0.3) is 0 Å². The molecule has 0 aliphatic carbocycles. The second-order valence-electron chi connectivity index (χ2n) is 4.94. The van der Waals surface area contributed by atoms with Gasteiger partial charge in [0.1, 0.15) is 24.7 Å². The monoisotopic (exact) mass is 376 g/mol. The largest absolute Gasteiger partial charge is 0.469 e. The summed E-state index contributed by atoms with van der Waals surface area (Å²) in [4.78, 5) is 65.2. The molecule has 10 heteroatoms. The van der Waals surface area contributed by atoms with Gasteiger partial charge in [-0.3, -0.25) is 28.8 Å². The molecule has 2 atom stereocenters. The lowest BCUT2D eigenvalue weighted by atomic mass is 9.96. The summed E-state index contributed by atoms with van der Waals surface area (Å²) in [6.45, 7) is 2.79. The number of ketones is 2. The van der Waals surface area contributed by atoms with Crippen molar-refractivity contribution in [1.82, 2.24) is 0 Å². The maximum Gasteiger partial charge on any atom is 0.315 e. The molecule has 0 aromatic heterocycles. The second kappa shape index (κ2) is 13.5. The summed E-state index contributed by atoms with van der Waals surface area (Å²) < 4.78 is 17.2. The van der Waals surface area contributed by atoms with Gasteiger partial charge in [0, 0.05) is 0 Å². The van der Waals surface area contributed by atoms with E-state index in [4.69, 9.17) is 0 Å². The number of carbonyl (C=O) groups is 6. The first kappa shape index (κ1) is 25.5. The zero-order valence-corrected chi connectivity index (χ0v) is 15.7. The van der Waals surface area contributed by atoms with E-state index in [-0.39, 0.29) is 12.8 Å². The van der Waals surface area contributed by atoms with Gasteiger partial charge in [-0.05, 0) is 13.8 Å². The van der Waals surface area contributed by atoms with Crippen molar-refractivity contribution in [3.63, 3.8) is 0 Å². The molecule has 0 N–H and O–H groups in total. The molecule has 0 fully saturated rings. The van der Waals surface area contributed by atoms with Crippen molar-refractivity contribution < 1.29 is 47.7 Å². The molecule has 0 aromatic rings. The zero-order chi connectivity index (χ0) is 20.9. The van der Waals surface area contributed by atoms with Gasteiger partial charge < -0.3 is 18.9 Å². The number of ether oxygens (including phenoxy) is 4. The molecule has 0 spiro atoms. The number of methoxy groups -OCH3 is 4. The summed E-state index contributed by atoms with van der Waals surface area (Å²) in [6.07, 6.45) is -0.767. The fourth-order valence-electron chi connectivity index (χ4n) is 1.49. The number of esters is 4. The van der Waals surface area contributed by atoms with Crippen LogP contribution in [0.5, 0.6) is 0 Å². The second-order valence-corrected chi connectivity index (χ2v) is 4.94. The Hall–Kier alpha value is -2.78. The first-order valence-electron chi connectivity index (χ1n) is 7.40. The molecule has 0 aliphatic rings. The molecule has 0 saturated carbocycles. The van der Waals surface area contributed by atoms with Crippen molar-refractivity contribution in [3.05, 3.63) is 0 Å². The average Bonchev–Trinajstić information content (AvgIpc) is 2.64. The summed E-state index contributed by atoms with van der Waals surface area (Å²) >= 11 is 0. The normalized spacial score (nSPS) is 11.6. The standard InChI is InChI=1S/C9H14O5.C7H10O5/c1-5(8(11)13-3)7(10)6(2)9(12)14-4;1-11-6(9)3-5(8)4-7(10)12-2/h5-6H,1-4H3;3-4H2,1-2H3. The van der Waals surface area contributed by atoms with Gasteiger partial charge in [-0.15, -0.1) is 0 Å². The zero-order valence-electron chi connectivity index (χ0n) is 15.7. The van der Waals surface area contributed by atoms with E-state index in [1.54, 1.807) is 0 Å². The third kappa shape index (κ3) is 10.2. The molecule has 0 rings (SSSR count). The predicted molar refractivity (Wildman–Crippen MR) is 85.6 cm³/mol. The molecule has 0 aromatic carbocycles. The van der Waals surface area contributed by atoms with Crippen LogP contribution in [0.1, 0.15) is 26.7 Å². The lowest BCUT2D eigenvalue weighted by Gasteiger charge is -2.12. The topological polar surface area (TPSA) is 139 Å². The average molecular weight is 376 g/mol. The molecule has 0 aliphatic heterocycles. The highest BCUT2D eigenvalue weighted by atomic mass is 16.5. The number of rotatable bonds is 8. The minimum absolute atomic E-state index is 0.383. The minimum atomic E-state index is -0.936. The van der Waals surface area contributed by atoms with E-state index >= 15 is 0 Å². The quantitative estimate of drug-likeness (QED) is 0.319. The highest BCUT2D eigenvalue weighted by Gasteiger charge is 2.31. The molecular formula is C16H24O10. The fraction of sp³-hybridized carbons (Fsp3) is 0.625. The maximum absolute atomic E-state index is 11.4. The van der Waals surface area contributed by atoms with Gasteiger partial charge in [-0.1, -0.05) is 0 Å². The third-order valence-corrected chi connectivity index (χ3v) is 3.10. The molecular weight excluding hydrogens is 352 g/mol. The van der Waals surface area contributed by atoms with Gasteiger partial charge in [-0.2, -0.15) is 0 Å². The Balaban J connectivity index is 0. The van der Waals surface area contributed by atoms with Gasteiger partial charge >= 0.3 is 23.9 Å². The Morgan fingerprint density at radius 2 is 0.923 bits per heavy atom. The van der Waals surface area contributed by atoms with Gasteiger partial charge in [0.05, 0.1) is 28.4 Å². The van der Waals surface area contributed by atoms with Crippen molar-refractivity contribution in [2.75, 3.05) is 28.4 Å². The molecule has 2 unspecified atom stereocenters. The van der Waals surface area contributed by atoms with Crippen molar-refractivity contribution in [2.24, 2.45) is 11.8 Å². The van der Waals surface area contributed by atoms with Crippen LogP contribution in [-0.4, -0.2) is 63.9 Å². The van der Waals surface area contributed by atoms with Crippen LogP contribution in [-0.2, 0) is 47.7 Å². The molecule has 0 saturated heterocycles. The molecule has 0 bridgehead atoms. The lowest BCUT2D eigenvalue weighted by Crippen LogP contribution is -2.32. The highest BCUT2D eigenvalue weighted by Crippen LogP contribution is 2.10. The van der Waals surface area contributed by atoms with Crippen LogP contribution in [0.15, 0.2) is 0 Å². The van der Waals surface area contributed by atoms with Crippen molar-refractivity contribution in [1.29, 1.82) is 0 Å². The number of hydrogen-bond acceptors (Lipinski definition) is 10. The maximum atomic E-state index is 11.4. The Morgan fingerprint density at radius 3 is 1.15 bits per heavy atom. The Bertz CT molecular complexity index is 493. The van der Waals surface area contributed by atoms with E-state index in [2.05, 4.69) is 18.9 Å². The van der Waals surface area contributed by atoms with Crippen LogP contribution in [0.25, 0.3) is 0 Å². The fourth-order valence-corrected chi connectivity index (χ4v) is 1.49.